The van der Waals surface area contributed by atoms with Crippen LogP contribution in [0.15, 0.2) is 36.7 Å². The highest BCUT2D eigenvalue weighted by atomic mass is 16.1. The fourth-order valence-electron chi connectivity index (χ4n) is 2.56. The summed E-state index contributed by atoms with van der Waals surface area (Å²) in [5.74, 6) is 0.133. The molecule has 1 unspecified atom stereocenters. The Balaban J connectivity index is 1.86. The average Bonchev–Trinajstić information content (AvgIpc) is 2.63. The summed E-state index contributed by atoms with van der Waals surface area (Å²) >= 11 is 0. The van der Waals surface area contributed by atoms with Crippen molar-refractivity contribution < 1.29 is 4.79 Å². The minimum Gasteiger partial charge on any atom is -0.381 e. The van der Waals surface area contributed by atoms with E-state index in [4.69, 9.17) is 0 Å². The van der Waals surface area contributed by atoms with Crippen LogP contribution in [0.2, 0.25) is 0 Å². The highest BCUT2D eigenvalue weighted by molar-refractivity contribution is 5.93. The van der Waals surface area contributed by atoms with Gasteiger partial charge in [0.15, 0.2) is 0 Å². The molecule has 1 atom stereocenters. The molecule has 0 bridgehead atoms. The van der Waals surface area contributed by atoms with Crippen LogP contribution in [-0.4, -0.2) is 23.5 Å². The number of fused-ring (bicyclic) bond motifs is 1. The van der Waals surface area contributed by atoms with Gasteiger partial charge in [-0.3, -0.25) is 9.78 Å². The van der Waals surface area contributed by atoms with Crippen LogP contribution in [0, 0.1) is 0 Å². The summed E-state index contributed by atoms with van der Waals surface area (Å²) in [6.07, 6.45) is 6.23. The van der Waals surface area contributed by atoms with Crippen molar-refractivity contribution in [3.8, 4) is 0 Å². The van der Waals surface area contributed by atoms with Gasteiger partial charge >= 0.3 is 0 Å². The molecule has 1 aromatic heterocycles. The molecule has 1 aliphatic heterocycles. The molecule has 0 radical (unpaired) electrons. The zero-order valence-corrected chi connectivity index (χ0v) is 10.7. The van der Waals surface area contributed by atoms with E-state index in [2.05, 4.69) is 21.7 Å². The smallest absolute Gasteiger partial charge is 0.222 e. The Hall–Kier alpha value is -2.10. The Labute approximate surface area is 112 Å². The molecule has 1 aromatic carbocycles. The van der Waals surface area contributed by atoms with E-state index in [1.807, 2.05) is 24.4 Å². The molecule has 1 saturated heterocycles. The number of carbonyl (C=O) groups excluding carboxylic acids is 1. The maximum absolute atomic E-state index is 11.6. The fraction of sp³-hybridized carbons (Fsp3) is 0.333. The van der Waals surface area contributed by atoms with Crippen LogP contribution in [0.25, 0.3) is 10.8 Å². The van der Waals surface area contributed by atoms with E-state index in [-0.39, 0.29) is 11.9 Å². The number of carbonyl (C=O) groups is 1. The molecular weight excluding hydrogens is 238 g/mol. The first-order valence-corrected chi connectivity index (χ1v) is 6.69. The third kappa shape index (κ3) is 2.67. The van der Waals surface area contributed by atoms with Crippen molar-refractivity contribution in [1.82, 2.24) is 10.3 Å². The number of hydrogen-bond acceptors (Lipinski definition) is 3. The Morgan fingerprint density at radius 1 is 1.32 bits per heavy atom. The van der Waals surface area contributed by atoms with Gasteiger partial charge in [-0.1, -0.05) is 12.1 Å². The Kier molecular flexibility index (Phi) is 3.31. The maximum atomic E-state index is 11.6. The maximum Gasteiger partial charge on any atom is 0.222 e. The summed E-state index contributed by atoms with van der Waals surface area (Å²) in [7, 11) is 0. The lowest BCUT2D eigenvalue weighted by Crippen LogP contribution is -2.26. The highest BCUT2D eigenvalue weighted by Gasteiger charge is 2.17. The number of pyridine rings is 1. The Morgan fingerprint density at radius 3 is 3.21 bits per heavy atom. The minimum absolute atomic E-state index is 0.133. The summed E-state index contributed by atoms with van der Waals surface area (Å²) in [6.45, 7) is 0.786. The van der Waals surface area contributed by atoms with Gasteiger partial charge in [0.05, 0.1) is 0 Å². The van der Waals surface area contributed by atoms with Crippen molar-refractivity contribution in [2.24, 2.45) is 0 Å². The van der Waals surface area contributed by atoms with E-state index in [1.165, 1.54) is 0 Å². The average molecular weight is 255 g/mol. The quantitative estimate of drug-likeness (QED) is 0.866. The highest BCUT2D eigenvalue weighted by Crippen LogP contribution is 2.24. The third-order valence-electron chi connectivity index (χ3n) is 3.53. The van der Waals surface area contributed by atoms with Gasteiger partial charge in [-0.05, 0) is 30.4 Å². The number of benzene rings is 1. The third-order valence-corrected chi connectivity index (χ3v) is 3.53. The number of hydrogen-bond donors (Lipinski definition) is 2. The van der Waals surface area contributed by atoms with Crippen molar-refractivity contribution in [3.63, 3.8) is 0 Å². The van der Waals surface area contributed by atoms with Crippen LogP contribution in [0.1, 0.15) is 19.3 Å². The summed E-state index contributed by atoms with van der Waals surface area (Å²) in [5, 5.41) is 8.67. The predicted octanol–water partition coefficient (Wildman–Crippen LogP) is 2.32. The predicted molar refractivity (Wildman–Crippen MR) is 76.0 cm³/mol. The van der Waals surface area contributed by atoms with Gasteiger partial charge in [0.1, 0.15) is 0 Å². The van der Waals surface area contributed by atoms with Crippen molar-refractivity contribution in [2.45, 2.75) is 25.3 Å². The van der Waals surface area contributed by atoms with Gasteiger partial charge in [0.2, 0.25) is 5.91 Å². The van der Waals surface area contributed by atoms with Crippen molar-refractivity contribution >= 4 is 22.4 Å². The fourth-order valence-corrected chi connectivity index (χ4v) is 2.56. The number of anilines is 1. The first-order valence-electron chi connectivity index (χ1n) is 6.69. The molecule has 1 amide bonds. The molecule has 3 rings (SSSR count). The number of nitrogens with zero attached hydrogens (tertiary/aromatic N) is 1. The Morgan fingerprint density at radius 2 is 2.26 bits per heavy atom. The molecule has 4 nitrogen and oxygen atoms in total. The number of nitrogens with one attached hydrogen (secondary N) is 2. The molecule has 19 heavy (non-hydrogen) atoms. The monoisotopic (exact) mass is 255 g/mol. The van der Waals surface area contributed by atoms with E-state index in [1.54, 1.807) is 6.20 Å². The van der Waals surface area contributed by atoms with Gasteiger partial charge in [-0.15, -0.1) is 0 Å². The lowest BCUT2D eigenvalue weighted by atomic mass is 10.1. The number of rotatable bonds is 2. The van der Waals surface area contributed by atoms with Crippen LogP contribution in [0.5, 0.6) is 0 Å². The summed E-state index contributed by atoms with van der Waals surface area (Å²) in [5.41, 5.74) is 1.06. The molecule has 0 aliphatic carbocycles. The van der Waals surface area contributed by atoms with Crippen LogP contribution < -0.4 is 10.6 Å². The first-order chi connectivity index (χ1) is 9.33. The van der Waals surface area contributed by atoms with Gasteiger partial charge in [0.25, 0.3) is 0 Å². The normalized spacial score (nSPS) is 19.8. The van der Waals surface area contributed by atoms with Gasteiger partial charge in [0, 0.05) is 42.5 Å². The van der Waals surface area contributed by atoms with Crippen LogP contribution in [0.3, 0.4) is 0 Å². The summed E-state index contributed by atoms with van der Waals surface area (Å²) < 4.78 is 0. The summed E-state index contributed by atoms with van der Waals surface area (Å²) in [6, 6.07) is 8.35. The van der Waals surface area contributed by atoms with Crippen LogP contribution in [0.4, 0.5) is 5.69 Å². The van der Waals surface area contributed by atoms with E-state index in [9.17, 15) is 4.79 Å². The van der Waals surface area contributed by atoms with E-state index in [0.717, 1.165) is 35.8 Å². The second-order valence-corrected chi connectivity index (χ2v) is 4.94. The zero-order chi connectivity index (χ0) is 13.1. The second kappa shape index (κ2) is 5.26. The van der Waals surface area contributed by atoms with E-state index >= 15 is 0 Å². The van der Waals surface area contributed by atoms with Gasteiger partial charge in [-0.2, -0.15) is 0 Å². The second-order valence-electron chi connectivity index (χ2n) is 4.94. The standard InChI is InChI=1S/C15H17N3O/c19-15-9-12(4-2-7-17-15)18-14-5-1-3-11-6-8-16-10-13(11)14/h1,3,5-6,8,10,12,18H,2,4,7,9H2,(H,17,19). The SMILES string of the molecule is O=C1CC(Nc2cccc3ccncc23)CCCN1. The molecule has 98 valence electrons. The lowest BCUT2D eigenvalue weighted by Gasteiger charge is -2.18. The van der Waals surface area contributed by atoms with E-state index in [0.29, 0.717) is 6.42 Å². The Bertz CT molecular complexity index is 591. The first kappa shape index (κ1) is 12.0. The molecular formula is C15H17N3O. The minimum atomic E-state index is 0.133. The lowest BCUT2D eigenvalue weighted by molar-refractivity contribution is -0.120. The molecule has 4 heteroatoms. The van der Waals surface area contributed by atoms with Gasteiger partial charge < -0.3 is 10.6 Å². The van der Waals surface area contributed by atoms with Crippen LogP contribution in [-0.2, 0) is 4.79 Å². The van der Waals surface area contributed by atoms with Gasteiger partial charge in [-0.25, -0.2) is 0 Å². The largest absolute Gasteiger partial charge is 0.381 e. The molecule has 2 aromatic rings. The summed E-state index contributed by atoms with van der Waals surface area (Å²) in [4.78, 5) is 15.8. The van der Waals surface area contributed by atoms with Crippen molar-refractivity contribution in [2.75, 3.05) is 11.9 Å². The topological polar surface area (TPSA) is 54.0 Å². The molecule has 1 aliphatic rings. The zero-order valence-electron chi connectivity index (χ0n) is 10.7. The molecule has 2 N–H and O–H groups in total. The van der Waals surface area contributed by atoms with Crippen molar-refractivity contribution in [1.29, 1.82) is 0 Å². The number of aromatic nitrogens is 1. The molecule has 2 heterocycles. The molecule has 1 fully saturated rings. The molecule has 0 saturated carbocycles. The van der Waals surface area contributed by atoms with Crippen molar-refractivity contribution in [3.05, 3.63) is 36.7 Å². The van der Waals surface area contributed by atoms with E-state index < -0.39 is 0 Å². The molecule has 0 spiro atoms. The number of amides is 1. The van der Waals surface area contributed by atoms with Crippen LogP contribution >= 0.6 is 0 Å².